The predicted octanol–water partition coefficient (Wildman–Crippen LogP) is 2.54. The van der Waals surface area contributed by atoms with Crippen molar-refractivity contribution in [1.82, 2.24) is 0 Å². The van der Waals surface area contributed by atoms with E-state index in [1.54, 1.807) is 26.8 Å². The maximum atomic E-state index is 13.0. The average Bonchev–Trinajstić information content (AvgIpc) is 2.52. The number of aliphatic hydroxyl groups is 2. The van der Waals surface area contributed by atoms with E-state index in [9.17, 15) is 19.8 Å². The standard InChI is InChI=1S/C19H22O4/c1-10-5-6-11-9-12(18(2,3)22)17(21)16-15(11)14(10)13(20)7-8-19(16,4)23/h5-6,9,16,22-23H,7-8H2,1-4H3. The number of carbonyl (C=O) groups excluding carboxylic acids is 2. The van der Waals surface area contributed by atoms with Crippen LogP contribution in [0.1, 0.15) is 66.6 Å². The molecule has 0 spiro atoms. The molecule has 2 unspecified atom stereocenters. The minimum Gasteiger partial charge on any atom is -0.389 e. The van der Waals surface area contributed by atoms with E-state index in [0.29, 0.717) is 11.1 Å². The Kier molecular flexibility index (Phi) is 3.40. The second kappa shape index (κ2) is 4.86. The average molecular weight is 314 g/mol. The normalized spacial score (nSPS) is 27.4. The summed E-state index contributed by atoms with van der Waals surface area (Å²) in [6.07, 6.45) is 2.10. The van der Waals surface area contributed by atoms with Crippen molar-refractivity contribution in [2.24, 2.45) is 0 Å². The van der Waals surface area contributed by atoms with Gasteiger partial charge < -0.3 is 10.2 Å². The van der Waals surface area contributed by atoms with Crippen LogP contribution >= 0.6 is 0 Å². The largest absolute Gasteiger partial charge is 0.389 e. The number of hydrogen-bond acceptors (Lipinski definition) is 4. The predicted molar refractivity (Wildman–Crippen MR) is 87.4 cm³/mol. The van der Waals surface area contributed by atoms with Crippen LogP contribution in [0.2, 0.25) is 0 Å². The Morgan fingerprint density at radius 1 is 1.26 bits per heavy atom. The van der Waals surface area contributed by atoms with Gasteiger partial charge in [-0.05, 0) is 56.9 Å². The third-order valence-corrected chi connectivity index (χ3v) is 5.02. The summed E-state index contributed by atoms with van der Waals surface area (Å²) in [7, 11) is 0. The molecular weight excluding hydrogens is 292 g/mol. The molecule has 0 amide bonds. The second-order valence-corrected chi connectivity index (χ2v) is 7.46. The first-order valence-electron chi connectivity index (χ1n) is 7.92. The highest BCUT2D eigenvalue weighted by Gasteiger charge is 2.48. The number of rotatable bonds is 1. The van der Waals surface area contributed by atoms with E-state index in [-0.39, 0.29) is 30.0 Å². The van der Waals surface area contributed by atoms with Crippen LogP contribution in [0, 0.1) is 6.92 Å². The maximum Gasteiger partial charge on any atom is 0.172 e. The molecule has 0 bridgehead atoms. The first-order valence-corrected chi connectivity index (χ1v) is 7.92. The molecule has 2 aliphatic carbocycles. The molecule has 4 heteroatoms. The van der Waals surface area contributed by atoms with Crippen molar-refractivity contribution in [3.63, 3.8) is 0 Å². The molecule has 3 rings (SSSR count). The summed E-state index contributed by atoms with van der Waals surface area (Å²) >= 11 is 0. The van der Waals surface area contributed by atoms with Crippen molar-refractivity contribution in [1.29, 1.82) is 0 Å². The highest BCUT2D eigenvalue weighted by Crippen LogP contribution is 2.46. The van der Waals surface area contributed by atoms with Gasteiger partial charge >= 0.3 is 0 Å². The van der Waals surface area contributed by atoms with Crippen LogP contribution in [0.3, 0.4) is 0 Å². The smallest absolute Gasteiger partial charge is 0.172 e. The van der Waals surface area contributed by atoms with Gasteiger partial charge in [-0.3, -0.25) is 9.59 Å². The second-order valence-electron chi connectivity index (χ2n) is 7.46. The molecule has 1 aromatic carbocycles. The molecule has 1 aromatic rings. The molecule has 0 aliphatic heterocycles. The van der Waals surface area contributed by atoms with Gasteiger partial charge in [0.05, 0.1) is 17.1 Å². The van der Waals surface area contributed by atoms with Crippen molar-refractivity contribution in [3.8, 4) is 0 Å². The van der Waals surface area contributed by atoms with Crippen molar-refractivity contribution < 1.29 is 19.8 Å². The fourth-order valence-corrected chi connectivity index (χ4v) is 3.77. The number of hydrogen-bond donors (Lipinski definition) is 2. The summed E-state index contributed by atoms with van der Waals surface area (Å²) in [6, 6.07) is 3.71. The SMILES string of the molecule is Cc1ccc2c3c1C(=O)CCC(C)(O)C3C(=O)C(C(C)(C)O)=C2. The van der Waals surface area contributed by atoms with Crippen molar-refractivity contribution in [2.75, 3.05) is 0 Å². The third kappa shape index (κ3) is 2.37. The van der Waals surface area contributed by atoms with Crippen LogP contribution in [-0.2, 0) is 4.79 Å². The van der Waals surface area contributed by atoms with Crippen LogP contribution < -0.4 is 0 Å². The van der Waals surface area contributed by atoms with Gasteiger partial charge in [-0.25, -0.2) is 0 Å². The van der Waals surface area contributed by atoms with Gasteiger partial charge in [-0.1, -0.05) is 12.1 Å². The topological polar surface area (TPSA) is 74.6 Å². The van der Waals surface area contributed by atoms with E-state index in [0.717, 1.165) is 11.1 Å². The molecule has 0 saturated carbocycles. The molecular formula is C19H22O4. The molecule has 2 N–H and O–H groups in total. The number of carbonyl (C=O) groups is 2. The first kappa shape index (κ1) is 16.1. The Bertz CT molecular complexity index is 747. The Labute approximate surface area is 135 Å². The van der Waals surface area contributed by atoms with Crippen molar-refractivity contribution >= 4 is 17.6 Å². The Hall–Kier alpha value is -1.78. The summed E-state index contributed by atoms with van der Waals surface area (Å²) in [6.45, 7) is 6.59. The van der Waals surface area contributed by atoms with Gasteiger partial charge in [0.2, 0.25) is 0 Å². The van der Waals surface area contributed by atoms with Crippen LogP contribution in [0.4, 0.5) is 0 Å². The molecule has 0 heterocycles. The van der Waals surface area contributed by atoms with E-state index < -0.39 is 17.1 Å². The summed E-state index contributed by atoms with van der Waals surface area (Å²) in [4.78, 5) is 25.6. The zero-order valence-electron chi connectivity index (χ0n) is 13.9. The Morgan fingerprint density at radius 3 is 2.52 bits per heavy atom. The summed E-state index contributed by atoms with van der Waals surface area (Å²) in [5.41, 5.74) is 0.407. The van der Waals surface area contributed by atoms with E-state index in [1.165, 1.54) is 0 Å². The third-order valence-electron chi connectivity index (χ3n) is 5.02. The molecule has 2 aliphatic rings. The summed E-state index contributed by atoms with van der Waals surface area (Å²) in [5, 5.41) is 21.2. The summed E-state index contributed by atoms with van der Waals surface area (Å²) in [5.74, 6) is -1.14. The minimum atomic E-state index is -1.31. The summed E-state index contributed by atoms with van der Waals surface area (Å²) < 4.78 is 0. The monoisotopic (exact) mass is 314 g/mol. The zero-order valence-corrected chi connectivity index (χ0v) is 13.9. The van der Waals surface area contributed by atoms with E-state index in [2.05, 4.69) is 0 Å². The van der Waals surface area contributed by atoms with E-state index >= 15 is 0 Å². The van der Waals surface area contributed by atoms with Gasteiger partial charge in [0.15, 0.2) is 11.6 Å². The highest BCUT2D eigenvalue weighted by molar-refractivity contribution is 6.12. The molecule has 2 atom stereocenters. The number of ketones is 2. The fraction of sp³-hybridized carbons (Fsp3) is 0.474. The molecule has 0 fully saturated rings. The van der Waals surface area contributed by atoms with Gasteiger partial charge in [0.25, 0.3) is 0 Å². The molecule has 0 radical (unpaired) electrons. The van der Waals surface area contributed by atoms with Crippen LogP contribution in [0.5, 0.6) is 0 Å². The minimum absolute atomic E-state index is 0.0324. The molecule has 23 heavy (non-hydrogen) atoms. The van der Waals surface area contributed by atoms with E-state index in [4.69, 9.17) is 0 Å². The highest BCUT2D eigenvalue weighted by atomic mass is 16.3. The lowest BCUT2D eigenvalue weighted by Gasteiger charge is -2.37. The lowest BCUT2D eigenvalue weighted by molar-refractivity contribution is -0.124. The van der Waals surface area contributed by atoms with Gasteiger partial charge in [-0.2, -0.15) is 0 Å². The van der Waals surface area contributed by atoms with Crippen molar-refractivity contribution in [3.05, 3.63) is 40.0 Å². The molecule has 0 aromatic heterocycles. The fourth-order valence-electron chi connectivity index (χ4n) is 3.77. The van der Waals surface area contributed by atoms with Crippen LogP contribution in [0.15, 0.2) is 17.7 Å². The maximum absolute atomic E-state index is 13.0. The molecule has 122 valence electrons. The molecule has 4 nitrogen and oxygen atoms in total. The van der Waals surface area contributed by atoms with Gasteiger partial charge in [0, 0.05) is 17.6 Å². The number of aryl methyl sites for hydroxylation is 1. The number of benzene rings is 1. The quantitative estimate of drug-likeness (QED) is 0.835. The Balaban J connectivity index is 2.39. The van der Waals surface area contributed by atoms with Gasteiger partial charge in [0.1, 0.15) is 0 Å². The number of Topliss-reactive ketones (excluding diaryl/α,β-unsaturated/α-hetero) is 2. The van der Waals surface area contributed by atoms with Crippen molar-refractivity contribution in [2.45, 2.75) is 57.7 Å². The molecule has 0 saturated heterocycles. The first-order chi connectivity index (χ1) is 10.5. The van der Waals surface area contributed by atoms with Crippen LogP contribution in [0.25, 0.3) is 6.08 Å². The lowest BCUT2D eigenvalue weighted by atomic mass is 9.69. The van der Waals surface area contributed by atoms with Crippen LogP contribution in [-0.4, -0.2) is 33.0 Å². The lowest BCUT2D eigenvalue weighted by Crippen LogP contribution is -2.43. The zero-order chi connectivity index (χ0) is 17.2. The van der Waals surface area contributed by atoms with Gasteiger partial charge in [-0.15, -0.1) is 0 Å². The van der Waals surface area contributed by atoms with E-state index in [1.807, 2.05) is 19.1 Å². The Morgan fingerprint density at radius 2 is 1.91 bits per heavy atom.